The Balaban J connectivity index is 2.84. The molecule has 0 unspecified atom stereocenters. The Kier molecular flexibility index (Phi) is 3.71. The number of nitrogens with zero attached hydrogens (tertiary/aromatic N) is 3. The number of anilines is 1. The van der Waals surface area contributed by atoms with E-state index >= 15 is 0 Å². The second-order valence-corrected chi connectivity index (χ2v) is 3.44. The van der Waals surface area contributed by atoms with Crippen LogP contribution in [-0.2, 0) is 0 Å². The van der Waals surface area contributed by atoms with Crippen LogP contribution in [0.3, 0.4) is 0 Å². The number of nitriles is 2. The Labute approximate surface area is 90.2 Å². The smallest absolute Gasteiger partial charge is 0.0994 e. The molecule has 0 radical (unpaired) electrons. The number of hydrogen-bond acceptors (Lipinski definition) is 3. The van der Waals surface area contributed by atoms with E-state index in [-0.39, 0.29) is 0 Å². The van der Waals surface area contributed by atoms with Crippen molar-refractivity contribution in [2.75, 3.05) is 18.5 Å². The average molecular weight is 199 g/mol. The topological polar surface area (TPSA) is 50.8 Å². The first kappa shape index (κ1) is 11.1. The van der Waals surface area contributed by atoms with Gasteiger partial charge < -0.3 is 4.90 Å². The minimum Gasteiger partial charge on any atom is -0.374 e. The van der Waals surface area contributed by atoms with Crippen LogP contribution >= 0.6 is 0 Å². The molecule has 0 amide bonds. The third-order valence-corrected chi connectivity index (χ3v) is 2.33. The Bertz CT molecular complexity index is 423. The number of rotatable bonds is 3. The lowest BCUT2D eigenvalue weighted by Crippen LogP contribution is -2.18. The summed E-state index contributed by atoms with van der Waals surface area (Å²) in [5.74, 6) is 0. The Hall–Kier alpha value is -2.00. The van der Waals surface area contributed by atoms with Crippen LogP contribution in [0.5, 0.6) is 0 Å². The molecule has 1 aromatic carbocycles. The summed E-state index contributed by atoms with van der Waals surface area (Å²) in [6, 6.07) is 9.93. The van der Waals surface area contributed by atoms with E-state index in [9.17, 15) is 0 Å². The van der Waals surface area contributed by atoms with Crippen molar-refractivity contribution in [3.8, 4) is 12.1 Å². The van der Waals surface area contributed by atoms with Gasteiger partial charge >= 0.3 is 0 Å². The normalized spacial score (nSPS) is 9.07. The molecule has 0 aromatic heterocycles. The van der Waals surface area contributed by atoms with E-state index in [4.69, 9.17) is 10.5 Å². The first-order chi connectivity index (χ1) is 7.19. The molecule has 0 bridgehead atoms. The highest BCUT2D eigenvalue weighted by Gasteiger charge is 2.03. The molecule has 0 aliphatic rings. The van der Waals surface area contributed by atoms with Crippen molar-refractivity contribution in [1.29, 1.82) is 10.5 Å². The number of benzene rings is 1. The van der Waals surface area contributed by atoms with Crippen LogP contribution in [0.15, 0.2) is 18.2 Å². The molecule has 0 fully saturated rings. The summed E-state index contributed by atoms with van der Waals surface area (Å²) in [6.45, 7) is 2.63. The first-order valence-electron chi connectivity index (χ1n) is 4.78. The van der Waals surface area contributed by atoms with Gasteiger partial charge in [-0.2, -0.15) is 10.5 Å². The van der Waals surface area contributed by atoms with Gasteiger partial charge in [0.15, 0.2) is 0 Å². The summed E-state index contributed by atoms with van der Waals surface area (Å²) < 4.78 is 0. The lowest BCUT2D eigenvalue weighted by molar-refractivity contribution is 0.904. The molecule has 3 heteroatoms. The molecule has 3 nitrogen and oxygen atoms in total. The third kappa shape index (κ3) is 2.72. The van der Waals surface area contributed by atoms with Crippen LogP contribution in [0.2, 0.25) is 0 Å². The van der Waals surface area contributed by atoms with Crippen molar-refractivity contribution in [2.45, 2.75) is 13.3 Å². The van der Waals surface area contributed by atoms with E-state index in [0.29, 0.717) is 18.5 Å². The number of hydrogen-bond donors (Lipinski definition) is 0. The van der Waals surface area contributed by atoms with Gasteiger partial charge in [-0.1, -0.05) is 0 Å². The molecule has 0 aliphatic carbocycles. The van der Waals surface area contributed by atoms with Crippen molar-refractivity contribution in [1.82, 2.24) is 0 Å². The minimum atomic E-state index is 0.509. The Morgan fingerprint density at radius 2 is 2.07 bits per heavy atom. The summed E-state index contributed by atoms with van der Waals surface area (Å²) in [5, 5.41) is 17.3. The van der Waals surface area contributed by atoms with Crippen molar-refractivity contribution >= 4 is 5.69 Å². The van der Waals surface area contributed by atoms with E-state index < -0.39 is 0 Å². The predicted octanol–water partition coefficient (Wildman–Crippen LogP) is 2.22. The quantitative estimate of drug-likeness (QED) is 0.750. The highest BCUT2D eigenvalue weighted by Crippen LogP contribution is 2.17. The highest BCUT2D eigenvalue weighted by atomic mass is 15.1. The van der Waals surface area contributed by atoms with Crippen LogP contribution in [0.4, 0.5) is 5.69 Å². The maximum atomic E-state index is 8.78. The summed E-state index contributed by atoms with van der Waals surface area (Å²) >= 11 is 0. The summed E-state index contributed by atoms with van der Waals surface area (Å²) in [6.07, 6.45) is 0.509. The fourth-order valence-electron chi connectivity index (χ4n) is 1.36. The van der Waals surface area contributed by atoms with Gasteiger partial charge in [0.1, 0.15) is 0 Å². The van der Waals surface area contributed by atoms with Gasteiger partial charge in [-0.3, -0.25) is 0 Å². The SMILES string of the molecule is Cc1cc(N(C)CCC#N)ccc1C#N. The third-order valence-electron chi connectivity index (χ3n) is 2.33. The molecule has 0 atom stereocenters. The van der Waals surface area contributed by atoms with Crippen molar-refractivity contribution in [3.05, 3.63) is 29.3 Å². The molecule has 1 aromatic rings. The van der Waals surface area contributed by atoms with Crippen molar-refractivity contribution < 1.29 is 0 Å². The molecule has 0 spiro atoms. The molecule has 15 heavy (non-hydrogen) atoms. The van der Waals surface area contributed by atoms with Crippen LogP contribution < -0.4 is 4.90 Å². The lowest BCUT2D eigenvalue weighted by Gasteiger charge is -2.18. The maximum Gasteiger partial charge on any atom is 0.0994 e. The molecular weight excluding hydrogens is 186 g/mol. The van der Waals surface area contributed by atoms with Crippen molar-refractivity contribution in [3.63, 3.8) is 0 Å². The standard InChI is InChI=1S/C12H13N3/c1-10-8-12(5-4-11(10)9-14)15(2)7-3-6-13/h4-5,8H,3,7H2,1-2H3. The Morgan fingerprint density at radius 1 is 1.33 bits per heavy atom. The van der Waals surface area contributed by atoms with Gasteiger partial charge in [-0.05, 0) is 30.7 Å². The van der Waals surface area contributed by atoms with Gasteiger partial charge in [-0.15, -0.1) is 0 Å². The second kappa shape index (κ2) is 5.02. The molecule has 76 valence electrons. The molecule has 0 N–H and O–H groups in total. The van der Waals surface area contributed by atoms with Gasteiger partial charge in [0.2, 0.25) is 0 Å². The largest absolute Gasteiger partial charge is 0.374 e. The minimum absolute atomic E-state index is 0.509. The van der Waals surface area contributed by atoms with Crippen molar-refractivity contribution in [2.24, 2.45) is 0 Å². The molecule has 0 saturated carbocycles. The lowest BCUT2D eigenvalue weighted by atomic mass is 10.1. The van der Waals surface area contributed by atoms with E-state index in [0.717, 1.165) is 11.3 Å². The summed E-state index contributed by atoms with van der Waals surface area (Å²) in [4.78, 5) is 2.01. The zero-order valence-electron chi connectivity index (χ0n) is 8.99. The van der Waals surface area contributed by atoms with Crippen LogP contribution in [-0.4, -0.2) is 13.6 Å². The second-order valence-electron chi connectivity index (χ2n) is 3.44. The van der Waals surface area contributed by atoms with Gasteiger partial charge in [0, 0.05) is 19.3 Å². The number of aryl methyl sites for hydroxylation is 1. The zero-order chi connectivity index (χ0) is 11.3. The molecule has 0 saturated heterocycles. The van der Waals surface area contributed by atoms with Gasteiger partial charge in [-0.25, -0.2) is 0 Å². The molecule has 1 rings (SSSR count). The fraction of sp³-hybridized carbons (Fsp3) is 0.333. The van der Waals surface area contributed by atoms with E-state index in [2.05, 4.69) is 12.1 Å². The zero-order valence-corrected chi connectivity index (χ0v) is 8.99. The average Bonchev–Trinajstić information content (AvgIpc) is 2.25. The van der Waals surface area contributed by atoms with Crippen LogP contribution in [0.25, 0.3) is 0 Å². The Morgan fingerprint density at radius 3 is 2.60 bits per heavy atom. The monoisotopic (exact) mass is 199 g/mol. The van der Waals surface area contributed by atoms with Gasteiger partial charge in [0.25, 0.3) is 0 Å². The van der Waals surface area contributed by atoms with E-state index in [1.807, 2.05) is 37.1 Å². The fourth-order valence-corrected chi connectivity index (χ4v) is 1.36. The molecule has 0 heterocycles. The van der Waals surface area contributed by atoms with Crippen LogP contribution in [0, 0.1) is 29.6 Å². The van der Waals surface area contributed by atoms with Crippen LogP contribution in [0.1, 0.15) is 17.5 Å². The van der Waals surface area contributed by atoms with Gasteiger partial charge in [0.05, 0.1) is 24.1 Å². The molecular formula is C12H13N3. The predicted molar refractivity (Wildman–Crippen MR) is 59.4 cm³/mol. The first-order valence-corrected chi connectivity index (χ1v) is 4.78. The summed E-state index contributed by atoms with van der Waals surface area (Å²) in [7, 11) is 1.94. The maximum absolute atomic E-state index is 8.78. The van der Waals surface area contributed by atoms with E-state index in [1.54, 1.807) is 0 Å². The molecule has 0 aliphatic heterocycles. The summed E-state index contributed by atoms with van der Waals surface area (Å²) in [5.41, 5.74) is 2.72. The highest BCUT2D eigenvalue weighted by molar-refractivity contribution is 5.53. The van der Waals surface area contributed by atoms with E-state index in [1.165, 1.54) is 0 Å².